The topological polar surface area (TPSA) is 53.9 Å². The Bertz CT molecular complexity index is 837. The van der Waals surface area contributed by atoms with Gasteiger partial charge in [0.05, 0.1) is 23.8 Å². The third-order valence-electron chi connectivity index (χ3n) is 3.98. The Morgan fingerprint density at radius 1 is 1.04 bits per heavy atom. The second-order valence-electron chi connectivity index (χ2n) is 6.16. The van der Waals surface area contributed by atoms with E-state index < -0.39 is 0 Å². The summed E-state index contributed by atoms with van der Waals surface area (Å²) in [5.41, 5.74) is 3.99. The number of nitrogens with zero attached hydrogens (tertiary/aromatic N) is 4. The lowest BCUT2D eigenvalue weighted by Crippen LogP contribution is -2.10. The summed E-state index contributed by atoms with van der Waals surface area (Å²) in [6.45, 7) is 0. The van der Waals surface area contributed by atoms with E-state index in [1.807, 2.05) is 37.3 Å². The molecule has 0 aliphatic heterocycles. The normalized spacial score (nSPS) is 13.8. The van der Waals surface area contributed by atoms with Crippen molar-refractivity contribution < 1.29 is 0 Å². The molecule has 1 aliphatic rings. The molecule has 5 nitrogen and oxygen atoms in total. The van der Waals surface area contributed by atoms with Crippen LogP contribution >= 0.6 is 11.3 Å². The van der Waals surface area contributed by atoms with Crippen LogP contribution in [0.1, 0.15) is 12.8 Å². The molecule has 1 aromatic carbocycles. The minimum atomic E-state index is 0.615. The molecule has 24 heavy (non-hydrogen) atoms. The van der Waals surface area contributed by atoms with Crippen molar-refractivity contribution in [2.24, 2.45) is 0 Å². The molecule has 0 spiro atoms. The Morgan fingerprint density at radius 2 is 1.79 bits per heavy atom. The second kappa shape index (κ2) is 6.20. The maximum atomic E-state index is 4.74. The SMILES string of the molecule is CN(C)c1cnc(-c2ccccc2-c2csc(NC3CC3)n2)cn1. The lowest BCUT2D eigenvalue weighted by atomic mass is 10.0. The van der Waals surface area contributed by atoms with Crippen LogP contribution in [0, 0.1) is 0 Å². The minimum absolute atomic E-state index is 0.615. The maximum absolute atomic E-state index is 4.74. The van der Waals surface area contributed by atoms with Crippen LogP contribution in [0.4, 0.5) is 10.9 Å². The highest BCUT2D eigenvalue weighted by molar-refractivity contribution is 7.14. The second-order valence-corrected chi connectivity index (χ2v) is 7.01. The van der Waals surface area contributed by atoms with Crippen LogP contribution in [0.3, 0.4) is 0 Å². The van der Waals surface area contributed by atoms with E-state index >= 15 is 0 Å². The summed E-state index contributed by atoms with van der Waals surface area (Å²) in [6, 6.07) is 8.84. The van der Waals surface area contributed by atoms with Crippen molar-refractivity contribution in [3.05, 3.63) is 42.0 Å². The standard InChI is InChI=1S/C18H19N5S/c1-23(2)17-10-19-15(9-20-17)13-5-3-4-6-14(13)16-11-24-18(22-16)21-12-7-8-12/h3-6,9-12H,7-8H2,1-2H3,(H,21,22). The zero-order valence-corrected chi connectivity index (χ0v) is 14.5. The van der Waals surface area contributed by atoms with Gasteiger partial charge in [-0.1, -0.05) is 24.3 Å². The van der Waals surface area contributed by atoms with E-state index in [0.29, 0.717) is 6.04 Å². The zero-order chi connectivity index (χ0) is 16.5. The van der Waals surface area contributed by atoms with Crippen molar-refractivity contribution >= 4 is 22.3 Å². The monoisotopic (exact) mass is 337 g/mol. The highest BCUT2D eigenvalue weighted by Crippen LogP contribution is 2.34. The first-order valence-electron chi connectivity index (χ1n) is 8.02. The van der Waals surface area contributed by atoms with Gasteiger partial charge in [0.1, 0.15) is 5.82 Å². The van der Waals surface area contributed by atoms with E-state index in [9.17, 15) is 0 Å². The highest BCUT2D eigenvalue weighted by Gasteiger charge is 2.22. The van der Waals surface area contributed by atoms with E-state index in [4.69, 9.17) is 4.98 Å². The third kappa shape index (κ3) is 3.10. The van der Waals surface area contributed by atoms with E-state index in [2.05, 4.69) is 32.8 Å². The van der Waals surface area contributed by atoms with Crippen molar-refractivity contribution in [1.82, 2.24) is 15.0 Å². The number of thiazole rings is 1. The van der Waals surface area contributed by atoms with Gasteiger partial charge in [0.15, 0.2) is 5.13 Å². The molecule has 2 aromatic heterocycles. The maximum Gasteiger partial charge on any atom is 0.183 e. The molecule has 4 rings (SSSR count). The molecule has 1 saturated carbocycles. The lowest BCUT2D eigenvalue weighted by molar-refractivity contribution is 1.04. The smallest absolute Gasteiger partial charge is 0.183 e. The summed E-state index contributed by atoms with van der Waals surface area (Å²) in [5.74, 6) is 0.848. The predicted octanol–water partition coefficient (Wildman–Crippen LogP) is 3.91. The number of hydrogen-bond acceptors (Lipinski definition) is 6. The molecule has 0 unspecified atom stereocenters. The van der Waals surface area contributed by atoms with Crippen molar-refractivity contribution in [3.63, 3.8) is 0 Å². The van der Waals surface area contributed by atoms with Crippen molar-refractivity contribution in [1.29, 1.82) is 0 Å². The van der Waals surface area contributed by atoms with Gasteiger partial charge >= 0.3 is 0 Å². The first kappa shape index (κ1) is 15.1. The quantitative estimate of drug-likeness (QED) is 0.765. The van der Waals surface area contributed by atoms with Crippen molar-refractivity contribution in [2.75, 3.05) is 24.3 Å². The number of hydrogen-bond donors (Lipinski definition) is 1. The number of anilines is 2. The first-order valence-corrected chi connectivity index (χ1v) is 8.90. The fourth-order valence-electron chi connectivity index (χ4n) is 2.49. The van der Waals surface area contributed by atoms with Gasteiger partial charge in [-0.25, -0.2) is 9.97 Å². The van der Waals surface area contributed by atoms with Crippen LogP contribution in [0.2, 0.25) is 0 Å². The van der Waals surface area contributed by atoms with Crippen molar-refractivity contribution in [3.8, 4) is 22.5 Å². The van der Waals surface area contributed by atoms with E-state index in [-0.39, 0.29) is 0 Å². The first-order chi connectivity index (χ1) is 11.7. The van der Waals surface area contributed by atoms with Crippen LogP contribution in [-0.4, -0.2) is 35.1 Å². The summed E-state index contributed by atoms with van der Waals surface area (Å²) in [7, 11) is 3.92. The zero-order valence-electron chi connectivity index (χ0n) is 13.7. The van der Waals surface area contributed by atoms with Crippen LogP contribution < -0.4 is 10.2 Å². The van der Waals surface area contributed by atoms with E-state index in [1.54, 1.807) is 17.5 Å². The van der Waals surface area contributed by atoms with Gasteiger partial charge in [-0.05, 0) is 12.8 Å². The molecule has 0 bridgehead atoms. The Balaban J connectivity index is 1.68. The Labute approximate surface area is 145 Å². The Hall–Kier alpha value is -2.47. The van der Waals surface area contributed by atoms with Gasteiger partial charge in [-0.15, -0.1) is 11.3 Å². The van der Waals surface area contributed by atoms with Crippen LogP contribution in [-0.2, 0) is 0 Å². The number of benzene rings is 1. The molecule has 0 amide bonds. The fraction of sp³-hybridized carbons (Fsp3) is 0.278. The Morgan fingerprint density at radius 3 is 2.42 bits per heavy atom. The molecular weight excluding hydrogens is 318 g/mol. The average molecular weight is 337 g/mol. The van der Waals surface area contributed by atoms with Crippen LogP contribution in [0.15, 0.2) is 42.0 Å². The van der Waals surface area contributed by atoms with Gasteiger partial charge in [0.2, 0.25) is 0 Å². The molecule has 0 radical (unpaired) electrons. The lowest BCUT2D eigenvalue weighted by Gasteiger charge is -2.11. The molecule has 3 aromatic rings. The van der Waals surface area contributed by atoms with Crippen LogP contribution in [0.25, 0.3) is 22.5 Å². The summed E-state index contributed by atoms with van der Waals surface area (Å²) in [4.78, 5) is 15.7. The van der Waals surface area contributed by atoms with Gasteiger partial charge in [0, 0.05) is 36.6 Å². The van der Waals surface area contributed by atoms with E-state index in [0.717, 1.165) is 33.5 Å². The highest BCUT2D eigenvalue weighted by atomic mass is 32.1. The fourth-order valence-corrected chi connectivity index (χ4v) is 3.28. The van der Waals surface area contributed by atoms with Gasteiger partial charge in [0.25, 0.3) is 0 Å². The molecule has 1 fully saturated rings. The molecule has 2 heterocycles. The minimum Gasteiger partial charge on any atom is -0.361 e. The summed E-state index contributed by atoms with van der Waals surface area (Å²) >= 11 is 1.66. The molecule has 1 aliphatic carbocycles. The molecule has 1 N–H and O–H groups in total. The average Bonchev–Trinajstić information content (AvgIpc) is 3.30. The molecule has 0 saturated heterocycles. The van der Waals surface area contributed by atoms with E-state index in [1.165, 1.54) is 12.8 Å². The molecule has 0 atom stereocenters. The molecular formula is C18H19N5S. The van der Waals surface area contributed by atoms with Gasteiger partial charge < -0.3 is 10.2 Å². The predicted molar refractivity (Wildman–Crippen MR) is 99.5 cm³/mol. The number of rotatable bonds is 5. The number of aromatic nitrogens is 3. The van der Waals surface area contributed by atoms with Crippen LogP contribution in [0.5, 0.6) is 0 Å². The molecule has 6 heteroatoms. The third-order valence-corrected chi connectivity index (χ3v) is 4.76. The number of nitrogens with one attached hydrogen (secondary N) is 1. The summed E-state index contributed by atoms with van der Waals surface area (Å²) < 4.78 is 0. The molecule has 122 valence electrons. The van der Waals surface area contributed by atoms with Crippen molar-refractivity contribution in [2.45, 2.75) is 18.9 Å². The Kier molecular flexibility index (Phi) is 3.90. The summed E-state index contributed by atoms with van der Waals surface area (Å²) in [5, 5.41) is 6.56. The summed E-state index contributed by atoms with van der Waals surface area (Å²) in [6.07, 6.45) is 6.12. The largest absolute Gasteiger partial charge is 0.361 e. The van der Waals surface area contributed by atoms with Gasteiger partial charge in [-0.2, -0.15) is 0 Å². The van der Waals surface area contributed by atoms with Gasteiger partial charge in [-0.3, -0.25) is 4.98 Å².